The maximum Gasteiger partial charge on any atom is 0.326 e. The van der Waals surface area contributed by atoms with Crippen LogP contribution in [0.5, 0.6) is 0 Å². The summed E-state index contributed by atoms with van der Waals surface area (Å²) in [5, 5.41) is 12.2. The molecule has 5 heteroatoms. The number of hydrogen-bond donors (Lipinski definition) is 2. The molecule has 2 fully saturated rings. The summed E-state index contributed by atoms with van der Waals surface area (Å²) < 4.78 is 0. The summed E-state index contributed by atoms with van der Waals surface area (Å²) in [4.78, 5) is 25.0. The number of likely N-dealkylation sites (tertiary alicyclic amines) is 1. The molecular weight excluding hydrogens is 244 g/mol. The Morgan fingerprint density at radius 2 is 1.79 bits per heavy atom. The van der Waals surface area contributed by atoms with Gasteiger partial charge in [-0.05, 0) is 31.6 Å². The van der Waals surface area contributed by atoms with Gasteiger partial charge in [0.15, 0.2) is 0 Å². The van der Waals surface area contributed by atoms with Crippen LogP contribution in [0.3, 0.4) is 0 Å². The van der Waals surface area contributed by atoms with Gasteiger partial charge in [0.25, 0.3) is 0 Å². The highest BCUT2D eigenvalue weighted by Crippen LogP contribution is 2.25. The zero-order valence-electron chi connectivity index (χ0n) is 11.4. The zero-order valence-corrected chi connectivity index (χ0v) is 11.4. The third-order valence-electron chi connectivity index (χ3n) is 4.32. The van der Waals surface area contributed by atoms with Crippen LogP contribution in [0, 0.1) is 5.92 Å². The molecule has 2 aliphatic rings. The van der Waals surface area contributed by atoms with E-state index in [4.69, 9.17) is 0 Å². The number of carboxylic acid groups (broad SMARTS) is 1. The molecule has 5 nitrogen and oxygen atoms in total. The fraction of sp³-hybridized carbons (Fsp3) is 0.857. The van der Waals surface area contributed by atoms with Crippen LogP contribution >= 0.6 is 0 Å². The van der Waals surface area contributed by atoms with E-state index in [0.717, 1.165) is 25.7 Å². The van der Waals surface area contributed by atoms with Gasteiger partial charge in [-0.1, -0.05) is 25.7 Å². The van der Waals surface area contributed by atoms with Crippen molar-refractivity contribution in [2.24, 2.45) is 5.92 Å². The quantitative estimate of drug-likeness (QED) is 0.824. The molecule has 0 aromatic carbocycles. The average molecular weight is 268 g/mol. The predicted molar refractivity (Wildman–Crippen MR) is 72.0 cm³/mol. The van der Waals surface area contributed by atoms with Crippen molar-refractivity contribution >= 4 is 12.0 Å². The summed E-state index contributed by atoms with van der Waals surface area (Å²) >= 11 is 0. The molecular formula is C14H24N2O3. The molecule has 1 aliphatic carbocycles. The number of amides is 2. The Bertz CT molecular complexity index is 329. The third-order valence-corrected chi connectivity index (χ3v) is 4.32. The smallest absolute Gasteiger partial charge is 0.326 e. The largest absolute Gasteiger partial charge is 0.480 e. The van der Waals surface area contributed by atoms with Crippen molar-refractivity contribution in [2.75, 3.05) is 13.1 Å². The summed E-state index contributed by atoms with van der Waals surface area (Å²) in [6.07, 6.45) is 8.14. The summed E-state index contributed by atoms with van der Waals surface area (Å²) in [6.45, 7) is 1.26. The normalized spacial score (nSPS) is 25.1. The van der Waals surface area contributed by atoms with Crippen molar-refractivity contribution in [3.05, 3.63) is 0 Å². The van der Waals surface area contributed by atoms with Crippen molar-refractivity contribution in [1.82, 2.24) is 10.2 Å². The van der Waals surface area contributed by atoms with Gasteiger partial charge in [0.2, 0.25) is 0 Å². The molecule has 1 heterocycles. The highest BCUT2D eigenvalue weighted by atomic mass is 16.4. The number of nitrogens with zero attached hydrogens (tertiary/aromatic N) is 1. The van der Waals surface area contributed by atoms with Crippen LogP contribution in [0.1, 0.15) is 51.4 Å². The van der Waals surface area contributed by atoms with Gasteiger partial charge in [-0.15, -0.1) is 0 Å². The zero-order chi connectivity index (χ0) is 13.7. The number of nitrogens with one attached hydrogen (secondary N) is 1. The van der Waals surface area contributed by atoms with Gasteiger partial charge in [-0.2, -0.15) is 0 Å². The average Bonchev–Trinajstić information content (AvgIpc) is 2.25. The first kappa shape index (κ1) is 14.2. The lowest BCUT2D eigenvalue weighted by molar-refractivity contribution is -0.142. The minimum absolute atomic E-state index is 0.193. The molecule has 1 saturated heterocycles. The van der Waals surface area contributed by atoms with Crippen LogP contribution in [0.15, 0.2) is 0 Å². The first-order valence-electron chi connectivity index (χ1n) is 7.46. The van der Waals surface area contributed by atoms with Gasteiger partial charge >= 0.3 is 12.0 Å². The Morgan fingerprint density at radius 3 is 2.42 bits per heavy atom. The highest BCUT2D eigenvalue weighted by Gasteiger charge is 2.30. The molecule has 1 unspecified atom stereocenters. The Labute approximate surface area is 114 Å². The number of rotatable bonds is 3. The lowest BCUT2D eigenvalue weighted by atomic mass is 9.85. The Hall–Kier alpha value is -1.26. The second kappa shape index (κ2) is 6.78. The lowest BCUT2D eigenvalue weighted by Crippen LogP contribution is -2.51. The van der Waals surface area contributed by atoms with Crippen molar-refractivity contribution < 1.29 is 14.7 Å². The molecule has 1 saturated carbocycles. The van der Waals surface area contributed by atoms with Crippen LogP contribution in [-0.2, 0) is 4.79 Å². The Kier molecular flexibility index (Phi) is 5.05. The van der Waals surface area contributed by atoms with Crippen molar-refractivity contribution in [2.45, 2.75) is 57.4 Å². The molecule has 0 aromatic rings. The second-order valence-electron chi connectivity index (χ2n) is 5.73. The first-order chi connectivity index (χ1) is 9.18. The summed E-state index contributed by atoms with van der Waals surface area (Å²) in [5.41, 5.74) is 0. The number of carboxylic acids is 1. The Morgan fingerprint density at radius 1 is 1.05 bits per heavy atom. The van der Waals surface area contributed by atoms with E-state index in [-0.39, 0.29) is 6.03 Å². The monoisotopic (exact) mass is 268 g/mol. The standard InChI is InChI=1S/C14H24N2O3/c17-13(18)12-8-3-1-2-4-9-16(12)14(19)15-10-11-6-5-7-11/h11-12H,1-10H2,(H,15,19)(H,17,18). The fourth-order valence-corrected chi connectivity index (χ4v) is 2.82. The maximum atomic E-state index is 12.2. The van der Waals surface area contributed by atoms with E-state index in [1.165, 1.54) is 24.2 Å². The summed E-state index contributed by atoms with van der Waals surface area (Å²) in [7, 11) is 0. The number of hydrogen-bond acceptors (Lipinski definition) is 2. The third kappa shape index (κ3) is 3.85. The molecule has 2 amide bonds. The van der Waals surface area contributed by atoms with Crippen LogP contribution in [0.4, 0.5) is 4.79 Å². The molecule has 0 bridgehead atoms. The second-order valence-corrected chi connectivity index (χ2v) is 5.73. The molecule has 0 radical (unpaired) electrons. The van der Waals surface area contributed by atoms with Gasteiger partial charge in [0, 0.05) is 13.1 Å². The molecule has 19 heavy (non-hydrogen) atoms. The highest BCUT2D eigenvalue weighted by molar-refractivity contribution is 5.82. The molecule has 0 spiro atoms. The van der Waals surface area contributed by atoms with Crippen molar-refractivity contribution in [1.29, 1.82) is 0 Å². The van der Waals surface area contributed by atoms with Gasteiger partial charge < -0.3 is 15.3 Å². The van der Waals surface area contributed by atoms with E-state index < -0.39 is 12.0 Å². The van der Waals surface area contributed by atoms with Crippen molar-refractivity contribution in [3.8, 4) is 0 Å². The topological polar surface area (TPSA) is 69.6 Å². The maximum absolute atomic E-state index is 12.2. The van der Waals surface area contributed by atoms with Crippen LogP contribution in [-0.4, -0.2) is 41.1 Å². The molecule has 0 aromatic heterocycles. The van der Waals surface area contributed by atoms with E-state index in [0.29, 0.717) is 25.4 Å². The van der Waals surface area contributed by atoms with E-state index in [1.54, 1.807) is 0 Å². The summed E-state index contributed by atoms with van der Waals surface area (Å²) in [5.74, 6) is -0.275. The number of carbonyl (C=O) groups is 2. The van der Waals surface area contributed by atoms with Crippen LogP contribution in [0.25, 0.3) is 0 Å². The first-order valence-corrected chi connectivity index (χ1v) is 7.46. The molecule has 2 rings (SSSR count). The van der Waals surface area contributed by atoms with Gasteiger partial charge in [-0.3, -0.25) is 0 Å². The molecule has 108 valence electrons. The van der Waals surface area contributed by atoms with Crippen molar-refractivity contribution in [3.63, 3.8) is 0 Å². The lowest BCUT2D eigenvalue weighted by Gasteiger charge is -2.32. The molecule has 1 atom stereocenters. The fourth-order valence-electron chi connectivity index (χ4n) is 2.82. The SMILES string of the molecule is O=C(O)C1CCCCCCN1C(=O)NCC1CCC1. The Balaban J connectivity index is 1.90. The summed E-state index contributed by atoms with van der Waals surface area (Å²) in [6, 6.07) is -0.845. The predicted octanol–water partition coefficient (Wildman–Crippen LogP) is 2.22. The number of carbonyl (C=O) groups excluding carboxylic acids is 1. The molecule has 2 N–H and O–H groups in total. The van der Waals surface area contributed by atoms with E-state index in [1.807, 2.05) is 0 Å². The van der Waals surface area contributed by atoms with E-state index >= 15 is 0 Å². The van der Waals surface area contributed by atoms with Gasteiger partial charge in [-0.25, -0.2) is 9.59 Å². The van der Waals surface area contributed by atoms with Crippen LogP contribution < -0.4 is 5.32 Å². The van der Waals surface area contributed by atoms with Crippen LogP contribution in [0.2, 0.25) is 0 Å². The van der Waals surface area contributed by atoms with Gasteiger partial charge in [0.05, 0.1) is 0 Å². The van der Waals surface area contributed by atoms with E-state index in [9.17, 15) is 14.7 Å². The van der Waals surface area contributed by atoms with Gasteiger partial charge in [0.1, 0.15) is 6.04 Å². The number of urea groups is 1. The minimum atomic E-state index is -0.874. The minimum Gasteiger partial charge on any atom is -0.480 e. The molecule has 1 aliphatic heterocycles. The number of aliphatic carboxylic acids is 1. The van der Waals surface area contributed by atoms with E-state index in [2.05, 4.69) is 5.32 Å².